The number of esters is 2. The van der Waals surface area contributed by atoms with E-state index in [0.29, 0.717) is 18.6 Å². The van der Waals surface area contributed by atoms with Crippen molar-refractivity contribution in [3.05, 3.63) is 0 Å². The van der Waals surface area contributed by atoms with Crippen LogP contribution in [0.5, 0.6) is 0 Å². The Morgan fingerprint density at radius 3 is 2.50 bits per heavy atom. The van der Waals surface area contributed by atoms with Crippen LogP contribution in [0, 0.1) is 5.92 Å². The Bertz CT molecular complexity index is 367. The molecule has 2 aliphatic rings. The second-order valence-corrected chi connectivity index (χ2v) is 6.21. The Balaban J connectivity index is 1.88. The third-order valence-corrected chi connectivity index (χ3v) is 4.88. The molecule has 0 aliphatic carbocycles. The minimum absolute atomic E-state index is 0.203. The Morgan fingerprint density at radius 2 is 1.75 bits per heavy atom. The standard InChI is InChI=1S/C15H26NO4/c1-3-19-14(17)15(18)20-11-12-7-6-10-16(2)9-5-4-8-13(12)16/h12-13H,3-11H2,1-2H3/q+1/t12-,13+,16+/m0/s1. The summed E-state index contributed by atoms with van der Waals surface area (Å²) in [7, 11) is 2.32. The maximum absolute atomic E-state index is 11.5. The molecule has 2 heterocycles. The number of fused-ring (bicyclic) bond motifs is 1. The van der Waals surface area contributed by atoms with Crippen molar-refractivity contribution in [2.45, 2.75) is 45.1 Å². The fourth-order valence-corrected chi connectivity index (χ4v) is 3.86. The van der Waals surface area contributed by atoms with E-state index < -0.39 is 11.9 Å². The van der Waals surface area contributed by atoms with Crippen LogP contribution < -0.4 is 0 Å². The van der Waals surface area contributed by atoms with Crippen molar-refractivity contribution in [3.63, 3.8) is 0 Å². The van der Waals surface area contributed by atoms with Gasteiger partial charge in [-0.05, 0) is 32.6 Å². The Kier molecular flexibility index (Phi) is 5.02. The van der Waals surface area contributed by atoms with Gasteiger partial charge in [-0.1, -0.05) is 0 Å². The maximum atomic E-state index is 11.5. The van der Waals surface area contributed by atoms with E-state index in [1.807, 2.05) is 0 Å². The number of quaternary nitrogens is 1. The molecule has 0 spiro atoms. The molecule has 0 bridgehead atoms. The molecule has 2 aliphatic heterocycles. The molecule has 3 atom stereocenters. The normalized spacial score (nSPS) is 33.1. The molecule has 0 saturated carbocycles. The Hall–Kier alpha value is -1.10. The highest BCUT2D eigenvalue weighted by Crippen LogP contribution is 2.36. The van der Waals surface area contributed by atoms with E-state index in [1.165, 1.54) is 38.8 Å². The van der Waals surface area contributed by atoms with Crippen molar-refractivity contribution in [1.29, 1.82) is 0 Å². The maximum Gasteiger partial charge on any atom is 0.417 e. The van der Waals surface area contributed by atoms with E-state index in [2.05, 4.69) is 11.8 Å². The fraction of sp³-hybridized carbons (Fsp3) is 0.867. The van der Waals surface area contributed by atoms with Crippen molar-refractivity contribution < 1.29 is 23.5 Å². The molecule has 2 saturated heterocycles. The van der Waals surface area contributed by atoms with Gasteiger partial charge < -0.3 is 14.0 Å². The summed E-state index contributed by atoms with van der Waals surface area (Å²) >= 11 is 0. The van der Waals surface area contributed by atoms with Gasteiger partial charge in [-0.15, -0.1) is 0 Å². The van der Waals surface area contributed by atoms with Crippen molar-refractivity contribution >= 4 is 11.9 Å². The minimum atomic E-state index is -0.871. The number of nitrogens with zero attached hydrogens (tertiary/aromatic N) is 1. The van der Waals surface area contributed by atoms with Crippen LogP contribution in [0.15, 0.2) is 0 Å². The van der Waals surface area contributed by atoms with E-state index >= 15 is 0 Å². The van der Waals surface area contributed by atoms with Crippen LogP contribution in [-0.2, 0) is 19.1 Å². The SMILES string of the molecule is CCOC(=O)C(=O)OC[C@@H]1CCC[N@@+]2(C)CCCC[C@H]12. The number of rotatable bonds is 3. The van der Waals surface area contributed by atoms with E-state index in [0.717, 1.165) is 10.9 Å². The summed E-state index contributed by atoms with van der Waals surface area (Å²) in [5.74, 6) is -1.33. The highest BCUT2D eigenvalue weighted by molar-refractivity contribution is 6.29. The second kappa shape index (κ2) is 6.57. The molecule has 0 radical (unpaired) electrons. The molecular formula is C15H26NO4+. The van der Waals surface area contributed by atoms with E-state index in [1.54, 1.807) is 6.92 Å². The van der Waals surface area contributed by atoms with Gasteiger partial charge in [0.1, 0.15) is 6.61 Å². The lowest BCUT2D eigenvalue weighted by atomic mass is 9.82. The van der Waals surface area contributed by atoms with E-state index in [9.17, 15) is 9.59 Å². The molecule has 114 valence electrons. The number of carbonyl (C=O) groups excluding carboxylic acids is 2. The van der Waals surface area contributed by atoms with Crippen LogP contribution in [0.4, 0.5) is 0 Å². The summed E-state index contributed by atoms with van der Waals surface area (Å²) in [5, 5.41) is 0. The van der Waals surface area contributed by atoms with Gasteiger partial charge in [0.15, 0.2) is 0 Å². The summed E-state index contributed by atoms with van der Waals surface area (Å²) in [6.45, 7) is 4.70. The molecule has 0 aromatic heterocycles. The van der Waals surface area contributed by atoms with Gasteiger partial charge in [0.25, 0.3) is 0 Å². The topological polar surface area (TPSA) is 52.6 Å². The lowest BCUT2D eigenvalue weighted by Crippen LogP contribution is -2.61. The second-order valence-electron chi connectivity index (χ2n) is 6.21. The molecule has 5 heteroatoms. The van der Waals surface area contributed by atoms with Crippen LogP contribution >= 0.6 is 0 Å². The first-order chi connectivity index (χ1) is 9.57. The first-order valence-corrected chi connectivity index (χ1v) is 7.75. The van der Waals surface area contributed by atoms with Crippen LogP contribution in [0.1, 0.15) is 39.0 Å². The van der Waals surface area contributed by atoms with Crippen molar-refractivity contribution in [2.75, 3.05) is 33.4 Å². The zero-order valence-electron chi connectivity index (χ0n) is 12.6. The summed E-state index contributed by atoms with van der Waals surface area (Å²) in [6, 6.07) is 0.576. The molecular weight excluding hydrogens is 258 g/mol. The largest absolute Gasteiger partial charge is 0.458 e. The lowest BCUT2D eigenvalue weighted by molar-refractivity contribution is -0.947. The predicted octanol–water partition coefficient (Wildman–Crippen LogP) is 1.50. The average Bonchev–Trinajstić information content (AvgIpc) is 2.44. The Morgan fingerprint density at radius 1 is 1.05 bits per heavy atom. The molecule has 0 N–H and O–H groups in total. The van der Waals surface area contributed by atoms with Gasteiger partial charge in [-0.3, -0.25) is 0 Å². The molecule has 0 aromatic rings. The highest BCUT2D eigenvalue weighted by Gasteiger charge is 2.44. The predicted molar refractivity (Wildman–Crippen MR) is 73.9 cm³/mol. The Labute approximate surface area is 120 Å². The number of ether oxygens (including phenoxy) is 2. The first-order valence-electron chi connectivity index (χ1n) is 7.75. The van der Waals surface area contributed by atoms with Crippen molar-refractivity contribution in [1.82, 2.24) is 0 Å². The molecule has 2 rings (SSSR count). The number of hydrogen-bond acceptors (Lipinski definition) is 4. The molecule has 2 fully saturated rings. The molecule has 5 nitrogen and oxygen atoms in total. The number of carbonyl (C=O) groups is 2. The highest BCUT2D eigenvalue weighted by atomic mass is 16.6. The number of hydrogen-bond donors (Lipinski definition) is 0. The van der Waals surface area contributed by atoms with Crippen LogP contribution in [0.2, 0.25) is 0 Å². The third kappa shape index (κ3) is 3.32. The lowest BCUT2D eigenvalue weighted by Gasteiger charge is -2.51. The van der Waals surface area contributed by atoms with Crippen LogP contribution in [0.3, 0.4) is 0 Å². The quantitative estimate of drug-likeness (QED) is 0.448. The molecule has 20 heavy (non-hydrogen) atoms. The third-order valence-electron chi connectivity index (χ3n) is 4.88. The zero-order chi connectivity index (χ0) is 14.6. The molecule has 0 amide bonds. The first kappa shape index (κ1) is 15.3. The van der Waals surface area contributed by atoms with Gasteiger partial charge >= 0.3 is 11.9 Å². The van der Waals surface area contributed by atoms with Gasteiger partial charge in [-0.2, -0.15) is 0 Å². The zero-order valence-corrected chi connectivity index (χ0v) is 12.6. The molecule has 0 aromatic carbocycles. The summed E-state index contributed by atoms with van der Waals surface area (Å²) in [6.07, 6.45) is 6.03. The average molecular weight is 284 g/mol. The summed E-state index contributed by atoms with van der Waals surface area (Å²) < 4.78 is 10.9. The van der Waals surface area contributed by atoms with E-state index in [4.69, 9.17) is 4.74 Å². The van der Waals surface area contributed by atoms with Gasteiger partial charge in [-0.25, -0.2) is 9.59 Å². The van der Waals surface area contributed by atoms with Gasteiger partial charge in [0.2, 0.25) is 0 Å². The smallest absolute Gasteiger partial charge is 0.417 e. The van der Waals surface area contributed by atoms with Crippen molar-refractivity contribution in [2.24, 2.45) is 5.92 Å². The van der Waals surface area contributed by atoms with E-state index in [-0.39, 0.29) is 6.61 Å². The number of piperidine rings is 2. The van der Waals surface area contributed by atoms with Crippen molar-refractivity contribution in [3.8, 4) is 0 Å². The van der Waals surface area contributed by atoms with Gasteiger partial charge in [0.05, 0.1) is 32.8 Å². The molecule has 0 unspecified atom stereocenters. The monoisotopic (exact) mass is 284 g/mol. The summed E-state index contributed by atoms with van der Waals surface area (Å²) in [4.78, 5) is 22.8. The van der Waals surface area contributed by atoms with Crippen LogP contribution in [0.25, 0.3) is 0 Å². The van der Waals surface area contributed by atoms with Crippen LogP contribution in [-0.4, -0.2) is 55.8 Å². The van der Waals surface area contributed by atoms with Gasteiger partial charge in [0, 0.05) is 12.3 Å². The fourth-order valence-electron chi connectivity index (χ4n) is 3.86. The minimum Gasteiger partial charge on any atom is -0.458 e. The summed E-state index contributed by atoms with van der Waals surface area (Å²) in [5.41, 5.74) is 0.